The fraction of sp³-hybridized carbons (Fsp3) is 0.917. The number of amides is 3. The maximum atomic E-state index is 12.1. The van der Waals surface area contributed by atoms with E-state index in [4.69, 9.17) is 0 Å². The first-order chi connectivity index (χ1) is 12.8. The second kappa shape index (κ2) is 8.56. The summed E-state index contributed by atoms with van der Waals surface area (Å²) in [5, 5.41) is 2.74. The van der Waals surface area contributed by atoms with E-state index in [2.05, 4.69) is 51.8 Å². The Morgan fingerprint density at radius 2 is 1.17 bits per heavy atom. The maximum absolute atomic E-state index is 12.1. The summed E-state index contributed by atoms with van der Waals surface area (Å²) in [6, 6.07) is -0.698. The van der Waals surface area contributed by atoms with Gasteiger partial charge in [0.05, 0.1) is 0 Å². The van der Waals surface area contributed by atoms with Crippen LogP contribution in [0.1, 0.15) is 95.9 Å². The fourth-order valence-electron chi connectivity index (χ4n) is 4.12. The number of nitrogens with zero attached hydrogens (tertiary/aromatic N) is 2. The number of carbonyl (C=O) groups excluding carboxylic acids is 2. The largest absolute Gasteiger partial charge is 0.325 e. The van der Waals surface area contributed by atoms with Crippen LogP contribution in [-0.2, 0) is 4.79 Å². The Labute approximate surface area is 180 Å². The van der Waals surface area contributed by atoms with Gasteiger partial charge in [-0.15, -0.1) is 0 Å². The number of piperidine rings is 1. The molecule has 0 aromatic carbocycles. The summed E-state index contributed by atoms with van der Waals surface area (Å²) in [6.45, 7) is 28.1. The average molecular weight is 410 g/mol. The minimum atomic E-state index is -0.457. The van der Waals surface area contributed by atoms with Crippen molar-refractivity contribution >= 4 is 11.9 Å². The van der Waals surface area contributed by atoms with Crippen molar-refractivity contribution in [1.82, 2.24) is 15.1 Å². The van der Waals surface area contributed by atoms with Crippen LogP contribution in [0.5, 0.6) is 0 Å². The number of rotatable bonds is 0. The van der Waals surface area contributed by atoms with Crippen LogP contribution in [0.3, 0.4) is 0 Å². The first kappa shape index (κ1) is 25.9. The Bertz CT molecular complexity index is 555. The molecule has 1 atom stereocenters. The molecule has 170 valence electrons. The zero-order chi connectivity index (χ0) is 23.0. The van der Waals surface area contributed by atoms with Crippen molar-refractivity contribution in [1.29, 1.82) is 0 Å². The van der Waals surface area contributed by atoms with Crippen molar-refractivity contribution in [2.45, 2.75) is 113 Å². The quantitative estimate of drug-likeness (QED) is 0.553. The lowest BCUT2D eigenvalue weighted by Gasteiger charge is -2.44. The molecule has 2 aliphatic heterocycles. The Morgan fingerprint density at radius 1 is 0.724 bits per heavy atom. The highest BCUT2D eigenvalue weighted by atomic mass is 16.2. The van der Waals surface area contributed by atoms with Gasteiger partial charge in [-0.2, -0.15) is 0 Å². The van der Waals surface area contributed by atoms with Crippen LogP contribution < -0.4 is 5.32 Å². The zero-order valence-electron chi connectivity index (χ0n) is 21.2. The van der Waals surface area contributed by atoms with Crippen molar-refractivity contribution in [3.05, 3.63) is 0 Å². The first-order valence-corrected chi connectivity index (χ1v) is 11.2. The van der Waals surface area contributed by atoms with Gasteiger partial charge in [0.15, 0.2) is 0 Å². The average Bonchev–Trinajstić information content (AvgIpc) is 2.81. The molecule has 0 bridgehead atoms. The monoisotopic (exact) mass is 409 g/mol. The topological polar surface area (TPSA) is 52.7 Å². The van der Waals surface area contributed by atoms with Crippen molar-refractivity contribution < 1.29 is 9.59 Å². The molecule has 0 aliphatic carbocycles. The lowest BCUT2D eigenvalue weighted by molar-refractivity contribution is -0.132. The van der Waals surface area contributed by atoms with Crippen molar-refractivity contribution in [3.63, 3.8) is 0 Å². The highest BCUT2D eigenvalue weighted by molar-refractivity contribution is 6.05. The number of likely N-dealkylation sites (tertiary alicyclic amines) is 1. The van der Waals surface area contributed by atoms with Crippen LogP contribution in [0, 0.1) is 16.7 Å². The second-order valence-corrected chi connectivity index (χ2v) is 12.9. The molecule has 3 amide bonds. The van der Waals surface area contributed by atoms with Crippen molar-refractivity contribution in [2.24, 2.45) is 16.7 Å². The lowest BCUT2D eigenvalue weighted by Crippen LogP contribution is -2.47. The zero-order valence-corrected chi connectivity index (χ0v) is 21.2. The number of nitrogens with one attached hydrogen (secondary N) is 1. The van der Waals surface area contributed by atoms with Crippen LogP contribution in [0.4, 0.5) is 4.79 Å². The molecule has 1 unspecified atom stereocenters. The van der Waals surface area contributed by atoms with Gasteiger partial charge in [-0.1, -0.05) is 41.5 Å². The van der Waals surface area contributed by atoms with Crippen LogP contribution >= 0.6 is 0 Å². The summed E-state index contributed by atoms with van der Waals surface area (Å²) in [5.74, 6) is 0.793. The molecular weight excluding hydrogens is 362 g/mol. The number of imide groups is 1. The maximum Gasteiger partial charge on any atom is 0.325 e. The van der Waals surface area contributed by atoms with Gasteiger partial charge >= 0.3 is 6.03 Å². The highest BCUT2D eigenvalue weighted by Crippen LogP contribution is 2.35. The van der Waals surface area contributed by atoms with Crippen LogP contribution in [0.15, 0.2) is 0 Å². The van der Waals surface area contributed by atoms with E-state index in [9.17, 15) is 9.59 Å². The van der Waals surface area contributed by atoms with E-state index in [0.29, 0.717) is 11.0 Å². The number of urea groups is 1. The summed E-state index contributed by atoms with van der Waals surface area (Å²) >= 11 is 0. The van der Waals surface area contributed by atoms with E-state index < -0.39 is 11.6 Å². The molecule has 2 heterocycles. The van der Waals surface area contributed by atoms with Gasteiger partial charge in [0, 0.05) is 11.1 Å². The second-order valence-electron chi connectivity index (χ2n) is 12.9. The molecule has 1 N–H and O–H groups in total. The summed E-state index contributed by atoms with van der Waals surface area (Å²) in [6.07, 6.45) is 2.75. The van der Waals surface area contributed by atoms with Gasteiger partial charge in [0.1, 0.15) is 6.04 Å². The molecule has 0 saturated carbocycles. The molecule has 0 radical (unpaired) electrons. The first-order valence-electron chi connectivity index (χ1n) is 11.2. The minimum absolute atomic E-state index is 0.125. The van der Waals surface area contributed by atoms with Gasteiger partial charge in [-0.25, -0.2) is 4.79 Å². The van der Waals surface area contributed by atoms with Crippen molar-refractivity contribution in [3.8, 4) is 0 Å². The Hall–Kier alpha value is -1.10. The summed E-state index contributed by atoms with van der Waals surface area (Å²) < 4.78 is 0. The van der Waals surface area contributed by atoms with Gasteiger partial charge in [0.2, 0.25) is 0 Å². The third kappa shape index (κ3) is 6.97. The van der Waals surface area contributed by atoms with Crippen LogP contribution in [0.25, 0.3) is 0 Å². The molecule has 2 rings (SSSR count). The standard InChI is InChI=1S/C13H27N.C11H20N2O2/c1-12(2,3)11-7-9-14(10-8-11)13(4,5)6;1-10(2,3)7-8(14)13(9(15)12-7)11(4,5)6/h11H,7-10H2,1-6H3;7H,1-6H3,(H,12,15). The molecule has 2 saturated heterocycles. The van der Waals surface area contributed by atoms with Gasteiger partial charge in [-0.3, -0.25) is 14.6 Å². The molecule has 0 aromatic rings. The molecular formula is C24H47N3O2. The van der Waals surface area contributed by atoms with E-state index in [1.165, 1.54) is 30.8 Å². The molecule has 5 nitrogen and oxygen atoms in total. The summed E-state index contributed by atoms with van der Waals surface area (Å²) in [7, 11) is 0. The molecule has 0 spiro atoms. The third-order valence-corrected chi connectivity index (χ3v) is 6.14. The summed E-state index contributed by atoms with van der Waals surface area (Å²) in [5.41, 5.74) is 0.167. The number of carbonyl (C=O) groups is 2. The van der Waals surface area contributed by atoms with Crippen LogP contribution in [0.2, 0.25) is 0 Å². The SMILES string of the molecule is CC(C)(C)C1CCN(C(C)(C)C)CC1.CC(C)(C)C1NC(=O)N(C(C)(C)C)C1=O. The Kier molecular flexibility index (Phi) is 7.66. The van der Waals surface area contributed by atoms with Gasteiger partial charge in [-0.05, 0) is 84.2 Å². The van der Waals surface area contributed by atoms with E-state index in [1.807, 2.05) is 41.5 Å². The molecule has 2 fully saturated rings. The Balaban J connectivity index is 0.000000291. The third-order valence-electron chi connectivity index (χ3n) is 6.14. The minimum Gasteiger partial charge on any atom is -0.325 e. The smallest absolute Gasteiger partial charge is 0.325 e. The summed E-state index contributed by atoms with van der Waals surface area (Å²) in [4.78, 5) is 27.7. The van der Waals surface area contributed by atoms with E-state index >= 15 is 0 Å². The predicted molar refractivity (Wildman–Crippen MR) is 122 cm³/mol. The normalized spacial score (nSPS) is 23.0. The molecule has 2 aliphatic rings. The Morgan fingerprint density at radius 3 is 1.41 bits per heavy atom. The van der Waals surface area contributed by atoms with Crippen LogP contribution in [-0.4, -0.2) is 51.9 Å². The van der Waals surface area contributed by atoms with E-state index in [1.54, 1.807) is 0 Å². The fourth-order valence-corrected chi connectivity index (χ4v) is 4.12. The molecule has 0 aromatic heterocycles. The molecule has 5 heteroatoms. The number of hydrogen-bond donors (Lipinski definition) is 1. The van der Waals surface area contributed by atoms with Gasteiger partial charge < -0.3 is 5.32 Å². The lowest BCUT2D eigenvalue weighted by atomic mass is 9.75. The predicted octanol–water partition coefficient (Wildman–Crippen LogP) is 5.29. The van der Waals surface area contributed by atoms with Crippen molar-refractivity contribution in [2.75, 3.05) is 13.1 Å². The van der Waals surface area contributed by atoms with E-state index in [-0.39, 0.29) is 17.4 Å². The van der Waals surface area contributed by atoms with Gasteiger partial charge in [0.25, 0.3) is 5.91 Å². The number of hydrogen-bond acceptors (Lipinski definition) is 3. The highest BCUT2D eigenvalue weighted by Gasteiger charge is 2.48. The van der Waals surface area contributed by atoms with E-state index in [0.717, 1.165) is 5.92 Å². The molecule has 29 heavy (non-hydrogen) atoms.